The Morgan fingerprint density at radius 3 is 1.75 bits per heavy atom. The summed E-state index contributed by atoms with van der Waals surface area (Å²) in [7, 11) is -0.963. The number of nitrogens with zero attached hydrogens (tertiary/aromatic N) is 1. The van der Waals surface area contributed by atoms with E-state index in [1.165, 1.54) is 17.4 Å². The zero-order valence-corrected chi connectivity index (χ0v) is 6.86. The molecule has 0 saturated carbocycles. The van der Waals surface area contributed by atoms with Crippen molar-refractivity contribution in [2.75, 3.05) is 0 Å². The highest BCUT2D eigenvalue weighted by atomic mass is 28.3. The van der Waals surface area contributed by atoms with Crippen LogP contribution < -0.4 is 0 Å². The quantitative estimate of drug-likeness (QED) is 0.503. The largest absolute Gasteiger partial charge is 0.325 e. The van der Waals surface area contributed by atoms with Gasteiger partial charge >= 0.3 is 0 Å². The molecule has 0 radical (unpaired) electrons. The van der Waals surface area contributed by atoms with Crippen molar-refractivity contribution >= 4 is 13.6 Å². The molecule has 1 rings (SSSR count). The second-order valence-corrected chi connectivity index (χ2v) is 6.86. The van der Waals surface area contributed by atoms with E-state index in [0.717, 1.165) is 0 Å². The first-order chi connectivity index (χ1) is 3.75. The van der Waals surface area contributed by atoms with Gasteiger partial charge in [0.15, 0.2) is 0 Å². The van der Waals surface area contributed by atoms with Crippen LogP contribution in [0.4, 0.5) is 0 Å². The van der Waals surface area contributed by atoms with Crippen LogP contribution in [0.2, 0.25) is 12.1 Å². The van der Waals surface area contributed by atoms with Gasteiger partial charge in [-0.3, -0.25) is 0 Å². The maximum absolute atomic E-state index is 4.48. The van der Waals surface area contributed by atoms with E-state index in [-0.39, 0.29) is 0 Å². The Bertz CT molecular complexity index is 124. The van der Waals surface area contributed by atoms with E-state index in [0.29, 0.717) is 0 Å². The van der Waals surface area contributed by atoms with E-state index in [4.69, 9.17) is 0 Å². The van der Waals surface area contributed by atoms with Crippen molar-refractivity contribution in [1.29, 1.82) is 0 Å². The topological polar surface area (TPSA) is 12.4 Å². The van der Waals surface area contributed by atoms with E-state index < -0.39 is 8.24 Å². The minimum absolute atomic E-state index is 0.963. The lowest BCUT2D eigenvalue weighted by Gasteiger charge is -2.01. The third-order valence-corrected chi connectivity index (χ3v) is 6.52. The van der Waals surface area contributed by atoms with Crippen molar-refractivity contribution < 1.29 is 0 Å². The molecule has 0 amide bonds. The first-order valence-electron chi connectivity index (χ1n) is 3.32. The summed E-state index contributed by atoms with van der Waals surface area (Å²) in [5.41, 5.74) is 0. The van der Waals surface area contributed by atoms with E-state index in [2.05, 4.69) is 25.4 Å². The number of hydrogen-bond donors (Lipinski definition) is 0. The smallest absolute Gasteiger partial charge is 0.223 e. The summed E-state index contributed by atoms with van der Waals surface area (Å²) in [6.07, 6.45) is 0. The maximum Gasteiger partial charge on any atom is 0.223 e. The minimum Gasteiger partial charge on any atom is -0.325 e. The molecule has 0 aromatic rings. The molecule has 0 N–H and O–H groups in total. The molecular weight excluding hydrogens is 114 g/mol. The molecule has 0 aliphatic carbocycles. The molecule has 1 aliphatic rings. The van der Waals surface area contributed by atoms with Crippen LogP contribution in [0.25, 0.3) is 0 Å². The zero-order chi connectivity index (χ0) is 6.20. The lowest BCUT2D eigenvalue weighted by molar-refractivity contribution is 1.30. The molecule has 46 valence electrons. The Morgan fingerprint density at radius 1 is 1.38 bits per heavy atom. The Balaban J connectivity index is 2.44. The summed E-state index contributed by atoms with van der Waals surface area (Å²) in [6, 6.07) is 2.66. The summed E-state index contributed by atoms with van der Waals surface area (Å²) < 4.78 is 4.48. The average Bonchev–Trinajstić information content (AvgIpc) is 2.43. The van der Waals surface area contributed by atoms with Gasteiger partial charge in [-0.25, -0.2) is 0 Å². The summed E-state index contributed by atoms with van der Waals surface area (Å²) in [4.78, 5) is 0. The lowest BCUT2D eigenvalue weighted by Crippen LogP contribution is -2.19. The Kier molecular flexibility index (Phi) is 1.27. The third-order valence-electron chi connectivity index (χ3n) is 2.17. The molecule has 2 heteroatoms. The lowest BCUT2D eigenvalue weighted by atomic mass is 10.9. The van der Waals surface area contributed by atoms with Gasteiger partial charge in [-0.05, 0) is 19.0 Å². The van der Waals surface area contributed by atoms with E-state index >= 15 is 0 Å². The Labute approximate surface area is 51.9 Å². The highest BCUT2D eigenvalue weighted by Gasteiger charge is 2.43. The normalized spacial score (nSPS) is 22.6. The molecule has 1 aliphatic heterocycles. The SMILES string of the molecule is CC[Si]1(CC)N=C1C. The van der Waals surface area contributed by atoms with E-state index in [1.54, 1.807) is 0 Å². The van der Waals surface area contributed by atoms with Crippen molar-refractivity contribution in [1.82, 2.24) is 0 Å². The van der Waals surface area contributed by atoms with Crippen LogP contribution in [0, 0.1) is 0 Å². The van der Waals surface area contributed by atoms with E-state index in [1.807, 2.05) is 0 Å². The summed E-state index contributed by atoms with van der Waals surface area (Å²) in [5.74, 6) is 0. The molecule has 0 fully saturated rings. The van der Waals surface area contributed by atoms with Crippen LogP contribution in [0.15, 0.2) is 4.66 Å². The number of rotatable bonds is 2. The molecule has 1 heterocycles. The Morgan fingerprint density at radius 2 is 1.75 bits per heavy atom. The first-order valence-corrected chi connectivity index (χ1v) is 5.68. The molecule has 0 unspecified atom stereocenters. The molecule has 0 bridgehead atoms. The van der Waals surface area contributed by atoms with Crippen molar-refractivity contribution in [3.05, 3.63) is 0 Å². The molecule has 8 heavy (non-hydrogen) atoms. The summed E-state index contributed by atoms with van der Waals surface area (Å²) >= 11 is 0. The fraction of sp³-hybridized carbons (Fsp3) is 0.833. The highest BCUT2D eigenvalue weighted by Crippen LogP contribution is 2.29. The van der Waals surface area contributed by atoms with Gasteiger partial charge in [0.05, 0.1) is 0 Å². The molecular formula is C6H13NSi. The van der Waals surface area contributed by atoms with Crippen LogP contribution in [0.1, 0.15) is 20.8 Å². The van der Waals surface area contributed by atoms with Crippen molar-refractivity contribution in [3.8, 4) is 0 Å². The van der Waals surface area contributed by atoms with Gasteiger partial charge in [-0.1, -0.05) is 13.8 Å². The summed E-state index contributed by atoms with van der Waals surface area (Å²) in [6.45, 7) is 6.70. The zero-order valence-electron chi connectivity index (χ0n) is 5.86. The summed E-state index contributed by atoms with van der Waals surface area (Å²) in [5, 5.41) is 1.49. The van der Waals surface area contributed by atoms with Crippen LogP contribution >= 0.6 is 0 Å². The minimum atomic E-state index is -0.963. The standard InChI is InChI=1S/C6H13NSi/c1-4-8(5-2)6(3)7-8/h4-5H2,1-3H3. The molecule has 0 aromatic carbocycles. The van der Waals surface area contributed by atoms with Gasteiger partial charge in [0, 0.05) is 5.33 Å². The van der Waals surface area contributed by atoms with Gasteiger partial charge in [0.1, 0.15) is 0 Å². The Hall–Kier alpha value is -0.113. The monoisotopic (exact) mass is 127 g/mol. The maximum atomic E-state index is 4.48. The number of hydrogen-bond acceptors (Lipinski definition) is 1. The van der Waals surface area contributed by atoms with Gasteiger partial charge in [0.25, 0.3) is 0 Å². The third kappa shape index (κ3) is 0.634. The molecule has 1 nitrogen and oxygen atoms in total. The van der Waals surface area contributed by atoms with Crippen LogP contribution in [0.3, 0.4) is 0 Å². The second kappa shape index (κ2) is 1.69. The molecule has 0 saturated heterocycles. The fourth-order valence-electron chi connectivity index (χ4n) is 1.21. The predicted molar refractivity (Wildman–Crippen MR) is 39.8 cm³/mol. The van der Waals surface area contributed by atoms with Crippen molar-refractivity contribution in [2.24, 2.45) is 4.66 Å². The van der Waals surface area contributed by atoms with Crippen LogP contribution in [-0.2, 0) is 0 Å². The van der Waals surface area contributed by atoms with Gasteiger partial charge in [-0.15, -0.1) is 0 Å². The first kappa shape index (κ1) is 6.01. The molecule has 0 atom stereocenters. The van der Waals surface area contributed by atoms with Crippen molar-refractivity contribution in [2.45, 2.75) is 32.9 Å². The predicted octanol–water partition coefficient (Wildman–Crippen LogP) is 1.99. The van der Waals surface area contributed by atoms with Crippen molar-refractivity contribution in [3.63, 3.8) is 0 Å². The fourth-order valence-corrected chi connectivity index (χ4v) is 4.11. The van der Waals surface area contributed by atoms with Gasteiger partial charge in [-0.2, -0.15) is 0 Å². The van der Waals surface area contributed by atoms with Gasteiger partial charge < -0.3 is 4.66 Å². The van der Waals surface area contributed by atoms with E-state index in [9.17, 15) is 0 Å². The molecule has 0 spiro atoms. The highest BCUT2D eigenvalue weighted by molar-refractivity contribution is 7.16. The van der Waals surface area contributed by atoms with Crippen LogP contribution in [-0.4, -0.2) is 13.6 Å². The second-order valence-electron chi connectivity index (χ2n) is 2.44. The van der Waals surface area contributed by atoms with Crippen LogP contribution in [0.5, 0.6) is 0 Å². The molecule has 0 aromatic heterocycles. The van der Waals surface area contributed by atoms with Gasteiger partial charge in [0.2, 0.25) is 8.24 Å². The average molecular weight is 127 g/mol.